The molecule has 106 valence electrons. The van der Waals surface area contributed by atoms with Gasteiger partial charge in [-0.25, -0.2) is 13.4 Å². The molecule has 0 aliphatic rings. The molecule has 0 bridgehead atoms. The molecule has 1 aromatic carbocycles. The summed E-state index contributed by atoms with van der Waals surface area (Å²) < 4.78 is 27.5. The highest BCUT2D eigenvalue weighted by Crippen LogP contribution is 2.25. The molecule has 0 aliphatic heterocycles. The molecule has 0 saturated heterocycles. The molecule has 1 aromatic heterocycles. The summed E-state index contributed by atoms with van der Waals surface area (Å²) in [6, 6.07) is 6.02. The number of sulfonamides is 1. The number of nitrogen functional groups attached to an aromatic ring is 1. The molecule has 0 aliphatic carbocycles. The minimum absolute atomic E-state index is 0.0748. The maximum Gasteiger partial charge on any atom is 0.262 e. The number of benzene rings is 1. The first-order valence-electron chi connectivity index (χ1n) is 5.49. The van der Waals surface area contributed by atoms with E-state index < -0.39 is 10.0 Å². The SMILES string of the molecule is Cc1cc(NS(=O)(=O)c2ccc(Br)c(N)c2)cnc1Cl. The minimum atomic E-state index is -3.72. The van der Waals surface area contributed by atoms with E-state index in [4.69, 9.17) is 17.3 Å². The van der Waals surface area contributed by atoms with Crippen molar-refractivity contribution in [1.82, 2.24) is 4.98 Å². The number of nitrogens with two attached hydrogens (primary N) is 1. The van der Waals surface area contributed by atoms with Gasteiger partial charge < -0.3 is 5.73 Å². The minimum Gasteiger partial charge on any atom is -0.398 e. The van der Waals surface area contributed by atoms with Gasteiger partial charge in [-0.1, -0.05) is 11.6 Å². The van der Waals surface area contributed by atoms with Gasteiger partial charge in [0.05, 0.1) is 16.8 Å². The van der Waals surface area contributed by atoms with Crippen LogP contribution in [0.5, 0.6) is 0 Å². The summed E-state index contributed by atoms with van der Waals surface area (Å²) in [5.41, 5.74) is 7.06. The number of hydrogen-bond donors (Lipinski definition) is 2. The predicted molar refractivity (Wildman–Crippen MR) is 83.3 cm³/mol. The summed E-state index contributed by atoms with van der Waals surface area (Å²) >= 11 is 9.01. The Labute approximate surface area is 130 Å². The summed E-state index contributed by atoms with van der Waals surface area (Å²) in [5.74, 6) is 0. The number of pyridine rings is 1. The van der Waals surface area contributed by atoms with Crippen LogP contribution in [0.25, 0.3) is 0 Å². The molecule has 0 spiro atoms. The predicted octanol–water partition coefficient (Wildman–Crippen LogP) is 3.19. The van der Waals surface area contributed by atoms with E-state index in [2.05, 4.69) is 25.6 Å². The van der Waals surface area contributed by atoms with Crippen molar-refractivity contribution in [3.05, 3.63) is 45.7 Å². The Morgan fingerprint density at radius 2 is 2.05 bits per heavy atom. The van der Waals surface area contributed by atoms with E-state index in [0.717, 1.165) is 0 Å². The van der Waals surface area contributed by atoms with Gasteiger partial charge in [0.2, 0.25) is 0 Å². The van der Waals surface area contributed by atoms with E-state index in [1.807, 2.05) is 0 Å². The molecule has 0 saturated carbocycles. The Kier molecular flexibility index (Phi) is 4.22. The van der Waals surface area contributed by atoms with Crippen molar-refractivity contribution in [2.75, 3.05) is 10.5 Å². The van der Waals surface area contributed by atoms with E-state index in [0.29, 0.717) is 26.6 Å². The van der Waals surface area contributed by atoms with Gasteiger partial charge in [0.15, 0.2) is 0 Å². The van der Waals surface area contributed by atoms with Crippen LogP contribution < -0.4 is 10.5 Å². The van der Waals surface area contributed by atoms with Crippen molar-refractivity contribution in [3.8, 4) is 0 Å². The zero-order chi connectivity index (χ0) is 14.9. The maximum absolute atomic E-state index is 12.2. The first-order chi connectivity index (χ1) is 9.29. The molecule has 0 fully saturated rings. The Morgan fingerprint density at radius 1 is 1.35 bits per heavy atom. The van der Waals surface area contributed by atoms with Crippen LogP contribution in [0.15, 0.2) is 39.8 Å². The lowest BCUT2D eigenvalue weighted by Crippen LogP contribution is -2.13. The smallest absolute Gasteiger partial charge is 0.262 e. The Morgan fingerprint density at radius 3 is 2.65 bits per heavy atom. The first-order valence-corrected chi connectivity index (χ1v) is 8.15. The second kappa shape index (κ2) is 5.59. The quantitative estimate of drug-likeness (QED) is 0.636. The molecule has 1 heterocycles. The highest BCUT2D eigenvalue weighted by molar-refractivity contribution is 9.10. The molecule has 2 aromatic rings. The van der Waals surface area contributed by atoms with Crippen LogP contribution in [0.3, 0.4) is 0 Å². The summed E-state index contributed by atoms with van der Waals surface area (Å²) in [7, 11) is -3.72. The third-order valence-corrected chi connectivity index (χ3v) is 5.04. The highest BCUT2D eigenvalue weighted by Gasteiger charge is 2.16. The molecular weight excluding hydrogens is 366 g/mol. The van der Waals surface area contributed by atoms with Gasteiger partial charge in [0.25, 0.3) is 10.0 Å². The second-order valence-corrected chi connectivity index (χ2v) is 7.02. The van der Waals surface area contributed by atoms with E-state index >= 15 is 0 Å². The van der Waals surface area contributed by atoms with Gasteiger partial charge >= 0.3 is 0 Å². The third-order valence-electron chi connectivity index (χ3n) is 2.54. The van der Waals surface area contributed by atoms with Crippen LogP contribution in [0.1, 0.15) is 5.56 Å². The number of hydrogen-bond acceptors (Lipinski definition) is 4. The molecule has 0 amide bonds. The molecule has 20 heavy (non-hydrogen) atoms. The van der Waals surface area contributed by atoms with Crippen LogP contribution in [0, 0.1) is 6.92 Å². The lowest BCUT2D eigenvalue weighted by molar-refractivity contribution is 0.601. The van der Waals surface area contributed by atoms with Crippen molar-refractivity contribution >= 4 is 48.9 Å². The third kappa shape index (κ3) is 3.23. The molecule has 3 N–H and O–H groups in total. The number of halogens is 2. The topological polar surface area (TPSA) is 85.1 Å². The number of rotatable bonds is 3. The fourth-order valence-electron chi connectivity index (χ4n) is 1.52. The van der Waals surface area contributed by atoms with Crippen LogP contribution >= 0.6 is 27.5 Å². The van der Waals surface area contributed by atoms with Gasteiger partial charge in [-0.3, -0.25) is 4.72 Å². The number of nitrogens with one attached hydrogen (secondary N) is 1. The first kappa shape index (κ1) is 15.1. The number of anilines is 2. The number of aryl methyl sites for hydroxylation is 1. The Balaban J connectivity index is 2.35. The number of aromatic nitrogens is 1. The normalized spacial score (nSPS) is 11.3. The van der Waals surface area contributed by atoms with Crippen molar-refractivity contribution in [3.63, 3.8) is 0 Å². The molecule has 0 unspecified atom stereocenters. The Bertz CT molecular complexity index is 765. The highest BCUT2D eigenvalue weighted by atomic mass is 79.9. The standard InChI is InChI=1S/C12H11BrClN3O2S/c1-7-4-8(6-16-12(7)14)17-20(18,19)9-2-3-10(13)11(15)5-9/h2-6,17H,15H2,1H3. The zero-order valence-electron chi connectivity index (χ0n) is 10.4. The monoisotopic (exact) mass is 375 g/mol. The van der Waals surface area contributed by atoms with E-state index in [-0.39, 0.29) is 4.90 Å². The largest absolute Gasteiger partial charge is 0.398 e. The van der Waals surface area contributed by atoms with Gasteiger partial charge in [0.1, 0.15) is 5.15 Å². The van der Waals surface area contributed by atoms with E-state index in [1.54, 1.807) is 19.1 Å². The molecule has 2 rings (SSSR count). The molecule has 0 atom stereocenters. The van der Waals surface area contributed by atoms with Gasteiger partial charge in [-0.15, -0.1) is 0 Å². The van der Waals surface area contributed by atoms with Gasteiger partial charge in [0, 0.05) is 10.2 Å². The average Bonchev–Trinajstić information content (AvgIpc) is 2.37. The average molecular weight is 377 g/mol. The fraction of sp³-hybridized carbons (Fsp3) is 0.0833. The van der Waals surface area contributed by atoms with Crippen molar-refractivity contribution in [2.45, 2.75) is 11.8 Å². The summed E-state index contributed by atoms with van der Waals surface area (Å²) in [5, 5.41) is 0.334. The molecule has 5 nitrogen and oxygen atoms in total. The number of nitrogens with zero attached hydrogens (tertiary/aromatic N) is 1. The van der Waals surface area contributed by atoms with Crippen molar-refractivity contribution in [1.29, 1.82) is 0 Å². The maximum atomic E-state index is 12.2. The second-order valence-electron chi connectivity index (χ2n) is 4.12. The van der Waals surface area contributed by atoms with Crippen molar-refractivity contribution in [2.24, 2.45) is 0 Å². The Hall–Kier alpha value is -1.31. The van der Waals surface area contributed by atoms with Crippen LogP contribution in [0.4, 0.5) is 11.4 Å². The van der Waals surface area contributed by atoms with Crippen molar-refractivity contribution < 1.29 is 8.42 Å². The van der Waals surface area contributed by atoms with Crippen LogP contribution in [-0.4, -0.2) is 13.4 Å². The van der Waals surface area contributed by atoms with Gasteiger partial charge in [-0.05, 0) is 52.7 Å². The molecular formula is C12H11BrClN3O2S. The summed E-state index contributed by atoms with van der Waals surface area (Å²) in [4.78, 5) is 3.97. The van der Waals surface area contributed by atoms with Crippen LogP contribution in [0.2, 0.25) is 5.15 Å². The summed E-state index contributed by atoms with van der Waals surface area (Å²) in [6.07, 6.45) is 1.36. The van der Waals surface area contributed by atoms with E-state index in [1.165, 1.54) is 18.3 Å². The van der Waals surface area contributed by atoms with E-state index in [9.17, 15) is 8.42 Å². The lowest BCUT2D eigenvalue weighted by Gasteiger charge is -2.10. The van der Waals surface area contributed by atoms with Gasteiger partial charge in [-0.2, -0.15) is 0 Å². The molecule has 0 radical (unpaired) electrons. The fourth-order valence-corrected chi connectivity index (χ4v) is 2.94. The van der Waals surface area contributed by atoms with Crippen LogP contribution in [-0.2, 0) is 10.0 Å². The zero-order valence-corrected chi connectivity index (χ0v) is 13.6. The lowest BCUT2D eigenvalue weighted by atomic mass is 10.3. The summed E-state index contributed by atoms with van der Waals surface area (Å²) in [6.45, 7) is 1.74. The molecule has 8 heteroatoms.